The molecule has 2 unspecified atom stereocenters. The minimum absolute atomic E-state index is 0.299. The van der Waals surface area contributed by atoms with E-state index < -0.39 is 0 Å². The van der Waals surface area contributed by atoms with E-state index in [-0.39, 0.29) is 5.97 Å². The lowest BCUT2D eigenvalue weighted by Gasteiger charge is -2.18. The van der Waals surface area contributed by atoms with Crippen molar-refractivity contribution in [1.29, 1.82) is 0 Å². The van der Waals surface area contributed by atoms with Gasteiger partial charge in [0, 0.05) is 19.6 Å². The number of aryl methyl sites for hydroxylation is 1. The second-order valence-electron chi connectivity index (χ2n) is 5.38. The maximum absolute atomic E-state index is 11.8. The normalized spacial score (nSPS) is 14.1. The van der Waals surface area contributed by atoms with Crippen LogP contribution in [0.5, 0.6) is 0 Å². The van der Waals surface area contributed by atoms with Crippen molar-refractivity contribution < 1.29 is 9.53 Å². The van der Waals surface area contributed by atoms with Crippen LogP contribution < -0.4 is 5.32 Å². The fraction of sp³-hybridized carbons (Fsp3) is 0.733. The Morgan fingerprint density at radius 3 is 2.75 bits per heavy atom. The van der Waals surface area contributed by atoms with Gasteiger partial charge in [0.1, 0.15) is 5.56 Å². The molecule has 0 aliphatic carbocycles. The van der Waals surface area contributed by atoms with Crippen LogP contribution in [-0.4, -0.2) is 28.4 Å². The molecule has 0 bridgehead atoms. The van der Waals surface area contributed by atoms with Crippen molar-refractivity contribution in [3.8, 4) is 0 Å². The summed E-state index contributed by atoms with van der Waals surface area (Å²) < 4.78 is 6.78. The summed E-state index contributed by atoms with van der Waals surface area (Å²) in [6.45, 7) is 9.45. The number of carbonyl (C=O) groups is 1. The minimum Gasteiger partial charge on any atom is -0.462 e. The van der Waals surface area contributed by atoms with E-state index in [0.29, 0.717) is 30.7 Å². The van der Waals surface area contributed by atoms with Gasteiger partial charge in [-0.1, -0.05) is 20.3 Å². The van der Waals surface area contributed by atoms with E-state index in [1.54, 1.807) is 17.8 Å². The monoisotopic (exact) mass is 281 g/mol. The summed E-state index contributed by atoms with van der Waals surface area (Å²) in [4.78, 5) is 11.8. The van der Waals surface area contributed by atoms with Gasteiger partial charge in [0.25, 0.3) is 0 Å². The van der Waals surface area contributed by atoms with Crippen molar-refractivity contribution in [3.05, 3.63) is 17.5 Å². The fourth-order valence-electron chi connectivity index (χ4n) is 2.18. The lowest BCUT2D eigenvalue weighted by atomic mass is 10.0. The Morgan fingerprint density at radius 2 is 2.15 bits per heavy atom. The van der Waals surface area contributed by atoms with Crippen molar-refractivity contribution in [2.45, 2.75) is 53.1 Å². The van der Waals surface area contributed by atoms with Crippen LogP contribution in [0.2, 0.25) is 0 Å². The molecule has 0 fully saturated rings. The zero-order chi connectivity index (χ0) is 15.1. The molecule has 1 N–H and O–H groups in total. The lowest BCUT2D eigenvalue weighted by Crippen LogP contribution is -2.29. The maximum Gasteiger partial charge on any atom is 0.341 e. The molecule has 1 rings (SSSR count). The van der Waals surface area contributed by atoms with Crippen molar-refractivity contribution in [1.82, 2.24) is 15.1 Å². The van der Waals surface area contributed by atoms with Crippen LogP contribution in [-0.2, 0) is 18.3 Å². The molecule has 0 radical (unpaired) electrons. The molecule has 0 aromatic carbocycles. The van der Waals surface area contributed by atoms with Crippen LogP contribution in [0.3, 0.4) is 0 Å². The smallest absolute Gasteiger partial charge is 0.341 e. The van der Waals surface area contributed by atoms with Crippen LogP contribution >= 0.6 is 0 Å². The van der Waals surface area contributed by atoms with E-state index in [4.69, 9.17) is 4.74 Å². The number of rotatable bonds is 8. The Labute approximate surface area is 121 Å². The molecule has 1 heterocycles. The van der Waals surface area contributed by atoms with Crippen LogP contribution in [0.15, 0.2) is 6.20 Å². The number of hydrogen-bond acceptors (Lipinski definition) is 4. The van der Waals surface area contributed by atoms with Gasteiger partial charge < -0.3 is 10.1 Å². The van der Waals surface area contributed by atoms with E-state index in [2.05, 4.69) is 31.2 Å². The molecule has 0 aliphatic heterocycles. The van der Waals surface area contributed by atoms with Gasteiger partial charge in [0.05, 0.1) is 18.5 Å². The number of nitrogens with one attached hydrogen (secondary N) is 1. The fourth-order valence-corrected chi connectivity index (χ4v) is 2.18. The van der Waals surface area contributed by atoms with E-state index in [0.717, 1.165) is 12.1 Å². The summed E-state index contributed by atoms with van der Waals surface area (Å²) >= 11 is 0. The number of aromatic nitrogens is 2. The minimum atomic E-state index is -0.299. The molecular weight excluding hydrogens is 254 g/mol. The van der Waals surface area contributed by atoms with Gasteiger partial charge in [-0.3, -0.25) is 4.68 Å². The molecule has 0 saturated carbocycles. The SMILES string of the molecule is CCOC(=O)c1cnn(C)c1CNC(C)CC(C)CC. The third-order valence-electron chi connectivity index (χ3n) is 3.63. The van der Waals surface area contributed by atoms with Gasteiger partial charge >= 0.3 is 5.97 Å². The van der Waals surface area contributed by atoms with Gasteiger partial charge in [-0.15, -0.1) is 0 Å². The molecule has 1 aromatic heterocycles. The molecule has 0 aliphatic rings. The number of esters is 1. The highest BCUT2D eigenvalue weighted by Gasteiger charge is 2.17. The molecule has 2 atom stereocenters. The molecule has 0 spiro atoms. The predicted molar refractivity (Wildman–Crippen MR) is 79.5 cm³/mol. The first-order chi connectivity index (χ1) is 9.49. The molecule has 0 saturated heterocycles. The highest BCUT2D eigenvalue weighted by atomic mass is 16.5. The van der Waals surface area contributed by atoms with Crippen molar-refractivity contribution in [2.24, 2.45) is 13.0 Å². The predicted octanol–water partition coefficient (Wildman–Crippen LogP) is 2.51. The Kier molecular flexibility index (Phi) is 6.71. The van der Waals surface area contributed by atoms with E-state index in [9.17, 15) is 4.79 Å². The molecule has 5 nitrogen and oxygen atoms in total. The van der Waals surface area contributed by atoms with Crippen molar-refractivity contribution in [3.63, 3.8) is 0 Å². The quantitative estimate of drug-likeness (QED) is 0.744. The number of hydrogen-bond donors (Lipinski definition) is 1. The molecular formula is C15H27N3O2. The van der Waals surface area contributed by atoms with Crippen LogP contribution in [0.4, 0.5) is 0 Å². The highest BCUT2D eigenvalue weighted by Crippen LogP contribution is 2.12. The van der Waals surface area contributed by atoms with Crippen molar-refractivity contribution in [2.75, 3.05) is 6.61 Å². The Morgan fingerprint density at radius 1 is 1.45 bits per heavy atom. The molecule has 1 aromatic rings. The van der Waals surface area contributed by atoms with E-state index >= 15 is 0 Å². The summed E-state index contributed by atoms with van der Waals surface area (Å²) in [7, 11) is 1.85. The van der Waals surface area contributed by atoms with Gasteiger partial charge in [-0.2, -0.15) is 5.10 Å². The highest BCUT2D eigenvalue weighted by molar-refractivity contribution is 5.90. The van der Waals surface area contributed by atoms with Crippen LogP contribution in [0, 0.1) is 5.92 Å². The summed E-state index contributed by atoms with van der Waals surface area (Å²) in [6, 6.07) is 0.412. The van der Waals surface area contributed by atoms with Gasteiger partial charge in [0.15, 0.2) is 0 Å². The number of ether oxygens (including phenoxy) is 1. The zero-order valence-electron chi connectivity index (χ0n) is 13.3. The Hall–Kier alpha value is -1.36. The van der Waals surface area contributed by atoms with Gasteiger partial charge in [0.2, 0.25) is 0 Å². The van der Waals surface area contributed by atoms with Crippen molar-refractivity contribution >= 4 is 5.97 Å². The lowest BCUT2D eigenvalue weighted by molar-refractivity contribution is 0.0524. The standard InChI is InChI=1S/C15H27N3O2/c1-6-11(3)8-12(4)16-10-14-13(9-17-18(14)5)15(19)20-7-2/h9,11-12,16H,6-8,10H2,1-5H3. The topological polar surface area (TPSA) is 56.1 Å². The summed E-state index contributed by atoms with van der Waals surface area (Å²) in [5.74, 6) is 0.403. The van der Waals surface area contributed by atoms with Crippen LogP contribution in [0.1, 0.15) is 56.6 Å². The average Bonchev–Trinajstić information content (AvgIpc) is 2.77. The van der Waals surface area contributed by atoms with E-state index in [1.165, 1.54) is 6.42 Å². The second-order valence-corrected chi connectivity index (χ2v) is 5.38. The summed E-state index contributed by atoms with van der Waals surface area (Å²) in [6.07, 6.45) is 3.89. The average molecular weight is 281 g/mol. The molecule has 5 heteroatoms. The third kappa shape index (κ3) is 4.63. The first-order valence-corrected chi connectivity index (χ1v) is 7.40. The number of carbonyl (C=O) groups excluding carboxylic acids is 1. The Bertz CT molecular complexity index is 429. The molecule has 20 heavy (non-hydrogen) atoms. The van der Waals surface area contributed by atoms with Gasteiger partial charge in [-0.25, -0.2) is 4.79 Å². The number of nitrogens with zero attached hydrogens (tertiary/aromatic N) is 2. The second kappa shape index (κ2) is 8.04. The maximum atomic E-state index is 11.8. The van der Waals surface area contributed by atoms with Crippen LogP contribution in [0.25, 0.3) is 0 Å². The summed E-state index contributed by atoms with van der Waals surface area (Å²) in [5.41, 5.74) is 1.43. The molecule has 114 valence electrons. The molecule has 0 amide bonds. The summed E-state index contributed by atoms with van der Waals surface area (Å²) in [5, 5.41) is 7.61. The first kappa shape index (κ1) is 16.7. The first-order valence-electron chi connectivity index (χ1n) is 7.40. The third-order valence-corrected chi connectivity index (χ3v) is 3.63. The Balaban J connectivity index is 2.63. The zero-order valence-corrected chi connectivity index (χ0v) is 13.3. The largest absolute Gasteiger partial charge is 0.462 e. The van der Waals surface area contributed by atoms with Gasteiger partial charge in [-0.05, 0) is 26.2 Å². The van der Waals surface area contributed by atoms with E-state index in [1.807, 2.05) is 7.05 Å².